The largest absolute Gasteiger partial charge is 0.337 e. The van der Waals surface area contributed by atoms with Crippen LogP contribution in [0.15, 0.2) is 18.3 Å². The predicted octanol–water partition coefficient (Wildman–Crippen LogP) is 1.38. The van der Waals surface area contributed by atoms with Crippen LogP contribution < -0.4 is 11.3 Å². The maximum atomic E-state index is 12.4. The van der Waals surface area contributed by atoms with E-state index in [4.69, 9.17) is 11.1 Å². The van der Waals surface area contributed by atoms with Gasteiger partial charge in [0, 0.05) is 24.8 Å². The number of nitrogens with one attached hydrogen (secondary N) is 1. The molecule has 1 amide bonds. The van der Waals surface area contributed by atoms with Gasteiger partial charge >= 0.3 is 0 Å². The molecular weight excluding hydrogens is 242 g/mol. The Kier molecular flexibility index (Phi) is 5.76. The lowest BCUT2D eigenvalue weighted by Gasteiger charge is -2.23. The van der Waals surface area contributed by atoms with Crippen molar-refractivity contribution in [3.8, 4) is 6.07 Å². The predicted molar refractivity (Wildman–Crippen MR) is 73.0 cm³/mol. The Balaban J connectivity index is 2.87. The molecule has 0 radical (unpaired) electrons. The topological polar surface area (TPSA) is 95.0 Å². The van der Waals surface area contributed by atoms with E-state index in [1.54, 1.807) is 17.0 Å². The fourth-order valence-corrected chi connectivity index (χ4v) is 1.73. The van der Waals surface area contributed by atoms with Crippen LogP contribution in [0, 0.1) is 17.2 Å². The zero-order valence-corrected chi connectivity index (χ0v) is 11.3. The van der Waals surface area contributed by atoms with E-state index in [1.165, 1.54) is 6.20 Å². The average Bonchev–Trinajstić information content (AvgIpc) is 2.42. The molecule has 0 aliphatic heterocycles. The van der Waals surface area contributed by atoms with E-state index in [0.29, 0.717) is 36.8 Å². The number of hydrazine groups is 1. The number of nitrogens with two attached hydrogens (primary N) is 1. The molecule has 0 aromatic carbocycles. The second kappa shape index (κ2) is 7.34. The van der Waals surface area contributed by atoms with E-state index in [0.717, 1.165) is 0 Å². The van der Waals surface area contributed by atoms with Crippen molar-refractivity contribution >= 4 is 11.7 Å². The van der Waals surface area contributed by atoms with Crippen molar-refractivity contribution in [1.82, 2.24) is 9.88 Å². The van der Waals surface area contributed by atoms with Gasteiger partial charge in [0.1, 0.15) is 5.82 Å². The lowest BCUT2D eigenvalue weighted by molar-refractivity contribution is 0.0740. The molecule has 19 heavy (non-hydrogen) atoms. The van der Waals surface area contributed by atoms with Crippen molar-refractivity contribution < 1.29 is 4.79 Å². The van der Waals surface area contributed by atoms with Crippen LogP contribution in [-0.2, 0) is 0 Å². The molecule has 0 unspecified atom stereocenters. The summed E-state index contributed by atoms with van der Waals surface area (Å²) in [5, 5.41) is 8.66. The van der Waals surface area contributed by atoms with E-state index in [2.05, 4.69) is 16.5 Å². The highest BCUT2D eigenvalue weighted by Crippen LogP contribution is 2.11. The Morgan fingerprint density at radius 3 is 2.95 bits per heavy atom. The number of carbonyl (C=O) groups is 1. The number of carbonyl (C=O) groups excluding carboxylic acids is 1. The quantitative estimate of drug-likeness (QED) is 0.596. The van der Waals surface area contributed by atoms with Gasteiger partial charge in [-0.25, -0.2) is 10.8 Å². The standard InChI is InChI=1S/C13H19N5O/c1-10(2)9-18(7-3-5-14)13(19)11-4-6-16-12(8-11)17-15/h4,6,8,10H,3,7,9,15H2,1-2H3,(H,16,17). The number of hydrogen-bond acceptors (Lipinski definition) is 5. The highest BCUT2D eigenvalue weighted by Gasteiger charge is 2.17. The fraction of sp³-hybridized carbons (Fsp3) is 0.462. The summed E-state index contributed by atoms with van der Waals surface area (Å²) in [6.45, 7) is 5.12. The van der Waals surface area contributed by atoms with Gasteiger partial charge in [0.15, 0.2) is 0 Å². The molecule has 0 atom stereocenters. The third kappa shape index (κ3) is 4.56. The number of pyridine rings is 1. The molecule has 0 saturated heterocycles. The zero-order valence-electron chi connectivity index (χ0n) is 11.3. The van der Waals surface area contributed by atoms with Gasteiger partial charge in [-0.15, -0.1) is 0 Å². The molecule has 1 aromatic heterocycles. The van der Waals surface area contributed by atoms with Gasteiger partial charge in [0.05, 0.1) is 12.5 Å². The van der Waals surface area contributed by atoms with Crippen molar-refractivity contribution in [2.45, 2.75) is 20.3 Å². The smallest absolute Gasteiger partial charge is 0.254 e. The molecule has 1 heterocycles. The van der Waals surface area contributed by atoms with Gasteiger partial charge in [-0.05, 0) is 18.1 Å². The summed E-state index contributed by atoms with van der Waals surface area (Å²) >= 11 is 0. The molecule has 0 aliphatic carbocycles. The van der Waals surface area contributed by atoms with Gasteiger partial charge < -0.3 is 10.3 Å². The molecular formula is C13H19N5O. The van der Waals surface area contributed by atoms with E-state index in [1.807, 2.05) is 13.8 Å². The van der Waals surface area contributed by atoms with Crippen LogP contribution in [-0.4, -0.2) is 28.9 Å². The first-order chi connectivity index (χ1) is 9.08. The minimum absolute atomic E-state index is 0.108. The number of anilines is 1. The van der Waals surface area contributed by atoms with Crippen LogP contribution in [0.4, 0.5) is 5.82 Å². The maximum Gasteiger partial charge on any atom is 0.254 e. The molecule has 0 spiro atoms. The molecule has 3 N–H and O–H groups in total. The van der Waals surface area contributed by atoms with Crippen LogP contribution in [0.1, 0.15) is 30.6 Å². The van der Waals surface area contributed by atoms with Crippen LogP contribution in [0.5, 0.6) is 0 Å². The number of nitrogen functional groups attached to an aromatic ring is 1. The third-order valence-electron chi connectivity index (χ3n) is 2.52. The Bertz CT molecular complexity index is 466. The van der Waals surface area contributed by atoms with Crippen molar-refractivity contribution in [3.05, 3.63) is 23.9 Å². The first-order valence-electron chi connectivity index (χ1n) is 6.17. The minimum Gasteiger partial charge on any atom is -0.337 e. The lowest BCUT2D eigenvalue weighted by Crippen LogP contribution is -2.35. The van der Waals surface area contributed by atoms with Crippen molar-refractivity contribution in [3.63, 3.8) is 0 Å². The Labute approximate surface area is 113 Å². The number of aromatic nitrogens is 1. The number of rotatable bonds is 6. The molecule has 1 rings (SSSR count). The highest BCUT2D eigenvalue weighted by molar-refractivity contribution is 5.94. The Morgan fingerprint density at radius 1 is 1.63 bits per heavy atom. The monoisotopic (exact) mass is 261 g/mol. The van der Waals surface area contributed by atoms with E-state index in [-0.39, 0.29) is 5.91 Å². The molecule has 6 nitrogen and oxygen atoms in total. The molecule has 6 heteroatoms. The van der Waals surface area contributed by atoms with Gasteiger partial charge in [-0.3, -0.25) is 4.79 Å². The fourth-order valence-electron chi connectivity index (χ4n) is 1.73. The number of amides is 1. The first-order valence-corrected chi connectivity index (χ1v) is 6.17. The average molecular weight is 261 g/mol. The van der Waals surface area contributed by atoms with Gasteiger partial charge in [0.25, 0.3) is 5.91 Å². The van der Waals surface area contributed by atoms with Crippen molar-refractivity contribution in [2.75, 3.05) is 18.5 Å². The lowest BCUT2D eigenvalue weighted by atomic mass is 10.1. The van der Waals surface area contributed by atoms with Crippen LogP contribution >= 0.6 is 0 Å². The molecule has 102 valence electrons. The van der Waals surface area contributed by atoms with Crippen LogP contribution in [0.3, 0.4) is 0 Å². The zero-order chi connectivity index (χ0) is 14.3. The van der Waals surface area contributed by atoms with E-state index >= 15 is 0 Å². The summed E-state index contributed by atoms with van der Waals surface area (Å²) in [6.07, 6.45) is 1.85. The minimum atomic E-state index is -0.108. The molecule has 0 bridgehead atoms. The SMILES string of the molecule is CC(C)CN(CCC#N)C(=O)c1ccnc(NN)c1. The second-order valence-electron chi connectivity index (χ2n) is 4.63. The van der Waals surface area contributed by atoms with Crippen LogP contribution in [0.2, 0.25) is 0 Å². The normalized spacial score (nSPS) is 10.1. The molecule has 1 aromatic rings. The van der Waals surface area contributed by atoms with Crippen LogP contribution in [0.25, 0.3) is 0 Å². The van der Waals surface area contributed by atoms with E-state index in [9.17, 15) is 4.79 Å². The second-order valence-corrected chi connectivity index (χ2v) is 4.63. The number of hydrogen-bond donors (Lipinski definition) is 2. The summed E-state index contributed by atoms with van der Waals surface area (Å²) in [7, 11) is 0. The summed E-state index contributed by atoms with van der Waals surface area (Å²) in [5.41, 5.74) is 2.93. The summed E-state index contributed by atoms with van der Waals surface area (Å²) in [5.74, 6) is 5.95. The Morgan fingerprint density at radius 2 is 2.37 bits per heavy atom. The third-order valence-corrected chi connectivity index (χ3v) is 2.52. The highest BCUT2D eigenvalue weighted by atomic mass is 16.2. The summed E-state index contributed by atoms with van der Waals surface area (Å²) in [6, 6.07) is 5.30. The summed E-state index contributed by atoms with van der Waals surface area (Å²) < 4.78 is 0. The number of nitriles is 1. The molecule has 0 fully saturated rings. The maximum absolute atomic E-state index is 12.4. The van der Waals surface area contributed by atoms with Crippen molar-refractivity contribution in [1.29, 1.82) is 5.26 Å². The van der Waals surface area contributed by atoms with Gasteiger partial charge in [-0.2, -0.15) is 5.26 Å². The first kappa shape index (κ1) is 14.9. The van der Waals surface area contributed by atoms with Gasteiger partial charge in [-0.1, -0.05) is 13.8 Å². The molecule has 0 saturated carbocycles. The molecule has 0 aliphatic rings. The number of nitrogens with zero attached hydrogens (tertiary/aromatic N) is 3. The Hall–Kier alpha value is -2.13. The van der Waals surface area contributed by atoms with Crippen molar-refractivity contribution in [2.24, 2.45) is 11.8 Å². The van der Waals surface area contributed by atoms with Gasteiger partial charge in [0.2, 0.25) is 0 Å². The summed E-state index contributed by atoms with van der Waals surface area (Å²) in [4.78, 5) is 18.0. The van der Waals surface area contributed by atoms with E-state index < -0.39 is 0 Å².